The van der Waals surface area contributed by atoms with E-state index in [1.165, 1.54) is 22.7 Å². The van der Waals surface area contributed by atoms with Crippen LogP contribution in [0, 0.1) is 11.8 Å². The van der Waals surface area contributed by atoms with Crippen molar-refractivity contribution in [2.45, 2.75) is 39.3 Å². The van der Waals surface area contributed by atoms with Crippen LogP contribution in [0.4, 0.5) is 10.5 Å². The first kappa shape index (κ1) is 22.3. The molecule has 170 valence electrons. The molecule has 2 heterocycles. The highest BCUT2D eigenvalue weighted by molar-refractivity contribution is 6.30. The van der Waals surface area contributed by atoms with Crippen LogP contribution in [0.5, 0.6) is 0 Å². The van der Waals surface area contributed by atoms with Gasteiger partial charge in [-0.1, -0.05) is 23.7 Å². The Hall–Kier alpha value is -2.87. The lowest BCUT2D eigenvalue weighted by molar-refractivity contribution is -0.131. The van der Waals surface area contributed by atoms with Crippen molar-refractivity contribution < 1.29 is 14.4 Å². The molecule has 0 N–H and O–H groups in total. The summed E-state index contributed by atoms with van der Waals surface area (Å²) in [5, 5.41) is 4.83. The summed E-state index contributed by atoms with van der Waals surface area (Å²) in [4.78, 5) is 42.1. The number of rotatable bonds is 4. The summed E-state index contributed by atoms with van der Waals surface area (Å²) in [6, 6.07) is 7.60. The Kier molecular flexibility index (Phi) is 6.24. The third-order valence-electron chi connectivity index (χ3n) is 6.73. The van der Waals surface area contributed by atoms with E-state index < -0.39 is 0 Å². The Labute approximate surface area is 192 Å². The number of benzene rings is 1. The number of anilines is 1. The van der Waals surface area contributed by atoms with Gasteiger partial charge in [0, 0.05) is 51.6 Å². The molecule has 1 saturated carbocycles. The third kappa shape index (κ3) is 4.50. The minimum Gasteiger partial charge on any atom is -0.336 e. The first-order valence-electron chi connectivity index (χ1n) is 10.8. The predicted octanol–water partition coefficient (Wildman–Crippen LogP) is 3.25. The Bertz CT molecular complexity index is 1010. The van der Waals surface area contributed by atoms with Crippen molar-refractivity contribution in [3.8, 4) is 0 Å². The van der Waals surface area contributed by atoms with Crippen molar-refractivity contribution in [3.05, 3.63) is 47.2 Å². The van der Waals surface area contributed by atoms with Crippen LogP contribution in [0.3, 0.4) is 0 Å². The molecule has 1 aromatic carbocycles. The average molecular weight is 458 g/mol. The molecule has 9 heteroatoms. The van der Waals surface area contributed by atoms with Crippen LogP contribution >= 0.6 is 11.6 Å². The van der Waals surface area contributed by atoms with Crippen molar-refractivity contribution in [2.24, 2.45) is 11.8 Å². The predicted molar refractivity (Wildman–Crippen MR) is 121 cm³/mol. The fraction of sp³-hybridized carbons (Fsp3) is 0.478. The first-order valence-corrected chi connectivity index (χ1v) is 11.2. The summed E-state index contributed by atoms with van der Waals surface area (Å²) < 4.78 is 1.30. The molecule has 3 amide bonds. The van der Waals surface area contributed by atoms with Gasteiger partial charge in [-0.05, 0) is 42.4 Å². The van der Waals surface area contributed by atoms with E-state index in [0.29, 0.717) is 42.2 Å². The zero-order chi connectivity index (χ0) is 23.0. The van der Waals surface area contributed by atoms with Crippen LogP contribution in [0.2, 0.25) is 5.02 Å². The molecule has 4 rings (SSSR count). The number of hydrogen-bond donors (Lipinski definition) is 0. The van der Waals surface area contributed by atoms with E-state index in [4.69, 9.17) is 11.6 Å². The topological polar surface area (TPSA) is 78.8 Å². The lowest BCUT2D eigenvalue weighted by Gasteiger charge is -2.29. The van der Waals surface area contributed by atoms with Gasteiger partial charge < -0.3 is 14.7 Å². The Balaban J connectivity index is 1.38. The largest absolute Gasteiger partial charge is 0.344 e. The number of nitrogens with zero attached hydrogens (tertiary/aromatic N) is 5. The number of halogens is 1. The van der Waals surface area contributed by atoms with Gasteiger partial charge in [-0.25, -0.2) is 4.79 Å². The number of hydrogen-bond acceptors (Lipinski definition) is 4. The fourth-order valence-electron chi connectivity index (χ4n) is 4.88. The van der Waals surface area contributed by atoms with Gasteiger partial charge >= 0.3 is 6.03 Å². The zero-order valence-electron chi connectivity index (χ0n) is 18.6. The number of likely N-dealkylation sites (tertiary alicyclic amines) is 1. The number of carbonyl (C=O) groups is 3. The molecule has 2 aromatic rings. The standard InChI is InChI=1S/C23H28ClN5O3/c1-15(30)26(3)22-10-25-29(14-22)23(32)27-12-18-8-21(9-19(18)13-27)28(16(2)31)11-17-4-6-20(24)7-5-17/h4-7,10,14,18-19,21H,8-9,11-13H2,1-3H3/t18-,19-/m1/s1. The summed E-state index contributed by atoms with van der Waals surface area (Å²) >= 11 is 5.98. The monoisotopic (exact) mass is 457 g/mol. The summed E-state index contributed by atoms with van der Waals surface area (Å²) in [5.74, 6) is 0.681. The highest BCUT2D eigenvalue weighted by atomic mass is 35.5. The van der Waals surface area contributed by atoms with Crippen molar-refractivity contribution in [3.63, 3.8) is 0 Å². The quantitative estimate of drug-likeness (QED) is 0.706. The highest BCUT2D eigenvalue weighted by Crippen LogP contribution is 2.41. The van der Waals surface area contributed by atoms with Gasteiger partial charge in [0.2, 0.25) is 11.8 Å². The molecule has 1 saturated heterocycles. The van der Waals surface area contributed by atoms with Crippen molar-refractivity contribution in [1.82, 2.24) is 19.6 Å². The summed E-state index contributed by atoms with van der Waals surface area (Å²) in [5.41, 5.74) is 1.65. The van der Waals surface area contributed by atoms with Gasteiger partial charge in [0.15, 0.2) is 0 Å². The minimum atomic E-state index is -0.177. The fourth-order valence-corrected chi connectivity index (χ4v) is 5.01. The second-order valence-corrected chi connectivity index (χ2v) is 9.26. The smallest absolute Gasteiger partial charge is 0.336 e. The molecular formula is C23H28ClN5O3. The molecule has 2 fully saturated rings. The van der Waals surface area contributed by atoms with E-state index in [9.17, 15) is 14.4 Å². The van der Waals surface area contributed by atoms with Crippen molar-refractivity contribution in [2.75, 3.05) is 25.0 Å². The number of aromatic nitrogens is 2. The van der Waals surface area contributed by atoms with Gasteiger partial charge in [-0.3, -0.25) is 9.59 Å². The average Bonchev–Trinajstić information content (AvgIpc) is 3.46. The SMILES string of the molecule is CC(=O)N(C)c1cnn(C(=O)N2C[C@H]3CC(N(Cc4ccc(Cl)cc4)C(C)=O)C[C@@H]3C2)c1. The maximum Gasteiger partial charge on any atom is 0.344 e. The molecule has 32 heavy (non-hydrogen) atoms. The Morgan fingerprint density at radius 1 is 1.06 bits per heavy atom. The number of carbonyl (C=O) groups excluding carboxylic acids is 3. The van der Waals surface area contributed by atoms with E-state index >= 15 is 0 Å². The lowest BCUT2D eigenvalue weighted by Crippen LogP contribution is -2.39. The van der Waals surface area contributed by atoms with Crippen LogP contribution in [0.25, 0.3) is 0 Å². The van der Waals surface area contributed by atoms with E-state index in [1.807, 2.05) is 34.1 Å². The van der Waals surface area contributed by atoms with Crippen molar-refractivity contribution in [1.29, 1.82) is 0 Å². The van der Waals surface area contributed by atoms with E-state index in [-0.39, 0.29) is 23.9 Å². The lowest BCUT2D eigenvalue weighted by atomic mass is 10.0. The van der Waals surface area contributed by atoms with E-state index in [2.05, 4.69) is 5.10 Å². The number of amides is 3. The molecule has 8 nitrogen and oxygen atoms in total. The van der Waals surface area contributed by atoms with Gasteiger partial charge in [0.25, 0.3) is 0 Å². The van der Waals surface area contributed by atoms with Crippen LogP contribution in [-0.2, 0) is 16.1 Å². The molecule has 2 aliphatic rings. The summed E-state index contributed by atoms with van der Waals surface area (Å²) in [7, 11) is 1.65. The van der Waals surface area contributed by atoms with Gasteiger partial charge in [-0.2, -0.15) is 9.78 Å². The summed E-state index contributed by atoms with van der Waals surface area (Å²) in [6.07, 6.45) is 4.88. The normalized spacial score (nSPS) is 20.3. The summed E-state index contributed by atoms with van der Waals surface area (Å²) in [6.45, 7) is 4.97. The maximum absolute atomic E-state index is 12.9. The molecule has 0 bridgehead atoms. The Morgan fingerprint density at radius 3 is 2.25 bits per heavy atom. The molecule has 0 unspecified atom stereocenters. The highest BCUT2D eigenvalue weighted by Gasteiger charge is 2.45. The van der Waals surface area contributed by atoms with Gasteiger partial charge in [0.1, 0.15) is 0 Å². The van der Waals surface area contributed by atoms with E-state index in [0.717, 1.165) is 18.4 Å². The molecule has 0 spiro atoms. The van der Waals surface area contributed by atoms with E-state index in [1.54, 1.807) is 20.2 Å². The van der Waals surface area contributed by atoms with Crippen molar-refractivity contribution >= 4 is 35.1 Å². The first-order chi connectivity index (χ1) is 15.2. The maximum atomic E-state index is 12.9. The molecule has 1 aromatic heterocycles. The second-order valence-electron chi connectivity index (χ2n) is 8.83. The molecular weight excluding hydrogens is 430 g/mol. The van der Waals surface area contributed by atoms with Crippen LogP contribution in [0.15, 0.2) is 36.7 Å². The van der Waals surface area contributed by atoms with Gasteiger partial charge in [0.05, 0.1) is 18.1 Å². The Morgan fingerprint density at radius 2 is 1.69 bits per heavy atom. The molecule has 1 aliphatic carbocycles. The molecule has 1 aliphatic heterocycles. The second kappa shape index (κ2) is 8.94. The zero-order valence-corrected chi connectivity index (χ0v) is 19.3. The van der Waals surface area contributed by atoms with Gasteiger partial charge in [-0.15, -0.1) is 0 Å². The minimum absolute atomic E-state index is 0.0662. The third-order valence-corrected chi connectivity index (χ3v) is 6.98. The van der Waals surface area contributed by atoms with Crippen LogP contribution < -0.4 is 4.90 Å². The molecule has 2 atom stereocenters. The number of fused-ring (bicyclic) bond motifs is 1. The van der Waals surface area contributed by atoms with Crippen LogP contribution in [-0.4, -0.2) is 63.6 Å². The van der Waals surface area contributed by atoms with Crippen LogP contribution in [0.1, 0.15) is 32.3 Å². The molecule has 0 radical (unpaired) electrons.